The maximum Gasteiger partial charge on any atom is 0.255 e. The smallest absolute Gasteiger partial charge is 0.255 e. The van der Waals surface area contributed by atoms with Crippen molar-refractivity contribution in [3.63, 3.8) is 0 Å². The van der Waals surface area contributed by atoms with Crippen LogP contribution in [0.15, 0.2) is 74.0 Å². The van der Waals surface area contributed by atoms with Gasteiger partial charge in [0.05, 0.1) is 4.47 Å². The van der Waals surface area contributed by atoms with Gasteiger partial charge >= 0.3 is 0 Å². The molecule has 7 heteroatoms. The summed E-state index contributed by atoms with van der Waals surface area (Å²) in [6, 6.07) is 17.5. The topological polar surface area (TPSA) is 75.4 Å². The molecule has 27 heavy (non-hydrogen) atoms. The molecule has 5 nitrogen and oxygen atoms in total. The monoisotopic (exact) mass is 486 g/mol. The zero-order valence-electron chi connectivity index (χ0n) is 13.7. The minimum absolute atomic E-state index is 0.146. The van der Waals surface area contributed by atoms with Crippen LogP contribution in [0.4, 0.5) is 5.69 Å². The fraction of sp³-hybridized carbons (Fsp3) is 0. The summed E-state index contributed by atoms with van der Waals surface area (Å²) in [7, 11) is 0. The highest BCUT2D eigenvalue weighted by Crippen LogP contribution is 2.31. The quantitative estimate of drug-likeness (QED) is 0.372. The van der Waals surface area contributed by atoms with E-state index < -0.39 is 0 Å². The van der Waals surface area contributed by atoms with E-state index in [0.29, 0.717) is 32.7 Å². The number of hydrogen-bond acceptors (Lipinski definition) is 4. The fourth-order valence-electron chi connectivity index (χ4n) is 2.60. The Morgan fingerprint density at radius 3 is 2.67 bits per heavy atom. The largest absolute Gasteiger partial charge is 0.507 e. The number of hydrogen-bond donors (Lipinski definition) is 2. The van der Waals surface area contributed by atoms with E-state index in [-0.39, 0.29) is 11.7 Å². The molecule has 1 heterocycles. The van der Waals surface area contributed by atoms with E-state index in [9.17, 15) is 9.90 Å². The molecule has 4 aromatic rings. The fourth-order valence-corrected chi connectivity index (χ4v) is 3.38. The number of phenols is 1. The van der Waals surface area contributed by atoms with Crippen molar-refractivity contribution in [3.8, 4) is 17.2 Å². The van der Waals surface area contributed by atoms with Gasteiger partial charge in [-0.2, -0.15) is 0 Å². The first-order valence-electron chi connectivity index (χ1n) is 7.96. The number of carbonyl (C=O) groups excluding carboxylic acids is 1. The average Bonchev–Trinajstić information content (AvgIpc) is 3.07. The molecule has 0 spiro atoms. The molecule has 0 aliphatic heterocycles. The van der Waals surface area contributed by atoms with Crippen LogP contribution in [0, 0.1) is 0 Å². The van der Waals surface area contributed by atoms with Crippen molar-refractivity contribution < 1.29 is 14.3 Å². The number of fused-ring (bicyclic) bond motifs is 1. The molecule has 0 saturated carbocycles. The second-order valence-electron chi connectivity index (χ2n) is 5.83. The molecule has 1 aromatic heterocycles. The average molecular weight is 488 g/mol. The third kappa shape index (κ3) is 3.74. The predicted octanol–water partition coefficient (Wildman–Crippen LogP) is 5.98. The van der Waals surface area contributed by atoms with Crippen molar-refractivity contribution >= 4 is 54.6 Å². The van der Waals surface area contributed by atoms with Crippen molar-refractivity contribution in [1.29, 1.82) is 0 Å². The van der Waals surface area contributed by atoms with E-state index in [4.69, 9.17) is 4.42 Å². The van der Waals surface area contributed by atoms with Gasteiger partial charge in [-0.05, 0) is 70.5 Å². The summed E-state index contributed by atoms with van der Waals surface area (Å²) in [5, 5.41) is 12.5. The first-order valence-corrected chi connectivity index (χ1v) is 9.54. The Morgan fingerprint density at radius 1 is 1.04 bits per heavy atom. The number of benzene rings is 3. The molecule has 0 radical (unpaired) electrons. The predicted molar refractivity (Wildman–Crippen MR) is 111 cm³/mol. The molecule has 0 saturated heterocycles. The van der Waals surface area contributed by atoms with Crippen LogP contribution in [-0.4, -0.2) is 16.0 Å². The molecule has 4 rings (SSSR count). The number of aromatic nitrogens is 1. The van der Waals surface area contributed by atoms with Gasteiger partial charge in [-0.1, -0.05) is 22.0 Å². The molecular formula is C20H12Br2N2O3. The van der Waals surface area contributed by atoms with Crippen molar-refractivity contribution in [2.45, 2.75) is 0 Å². The van der Waals surface area contributed by atoms with Crippen LogP contribution in [-0.2, 0) is 0 Å². The lowest BCUT2D eigenvalue weighted by molar-refractivity contribution is 0.102. The Labute approximate surface area is 171 Å². The van der Waals surface area contributed by atoms with Crippen molar-refractivity contribution in [3.05, 3.63) is 75.2 Å². The van der Waals surface area contributed by atoms with Crippen LogP contribution >= 0.6 is 31.9 Å². The van der Waals surface area contributed by atoms with Gasteiger partial charge in [0, 0.05) is 21.3 Å². The third-order valence-electron chi connectivity index (χ3n) is 3.93. The highest BCUT2D eigenvalue weighted by Gasteiger charge is 2.12. The van der Waals surface area contributed by atoms with Gasteiger partial charge in [0.15, 0.2) is 5.58 Å². The number of carbonyl (C=O) groups is 1. The Balaban J connectivity index is 1.62. The Kier molecular flexibility index (Phi) is 4.72. The molecule has 3 aromatic carbocycles. The minimum Gasteiger partial charge on any atom is -0.507 e. The van der Waals surface area contributed by atoms with Crippen LogP contribution in [0.5, 0.6) is 5.75 Å². The van der Waals surface area contributed by atoms with Crippen LogP contribution in [0.3, 0.4) is 0 Å². The number of phenolic OH excluding ortho intramolecular Hbond substituents is 1. The second kappa shape index (κ2) is 7.17. The van der Waals surface area contributed by atoms with Gasteiger partial charge < -0.3 is 14.8 Å². The molecule has 134 valence electrons. The summed E-state index contributed by atoms with van der Waals surface area (Å²) in [4.78, 5) is 16.9. The summed E-state index contributed by atoms with van der Waals surface area (Å²) < 4.78 is 7.18. The molecule has 0 aliphatic rings. The summed E-state index contributed by atoms with van der Waals surface area (Å²) in [5.41, 5.74) is 3.14. The lowest BCUT2D eigenvalue weighted by Crippen LogP contribution is -2.11. The van der Waals surface area contributed by atoms with Crippen molar-refractivity contribution in [2.24, 2.45) is 0 Å². The number of nitrogens with one attached hydrogen (secondary N) is 1. The molecule has 0 fully saturated rings. The van der Waals surface area contributed by atoms with Crippen molar-refractivity contribution in [1.82, 2.24) is 4.98 Å². The number of rotatable bonds is 3. The first-order chi connectivity index (χ1) is 13.0. The van der Waals surface area contributed by atoms with E-state index >= 15 is 0 Å². The number of nitrogens with zero attached hydrogens (tertiary/aromatic N) is 1. The van der Waals surface area contributed by atoms with Crippen molar-refractivity contribution in [2.75, 3.05) is 5.32 Å². The molecule has 0 atom stereocenters. The number of oxazole rings is 1. The summed E-state index contributed by atoms with van der Waals surface area (Å²) in [6.45, 7) is 0. The maximum absolute atomic E-state index is 12.4. The molecule has 1 amide bonds. The number of amides is 1. The van der Waals surface area contributed by atoms with Gasteiger partial charge in [-0.15, -0.1) is 0 Å². The number of aromatic hydroxyl groups is 1. The summed E-state index contributed by atoms with van der Waals surface area (Å²) >= 11 is 6.64. The Bertz CT molecular complexity index is 1170. The van der Waals surface area contributed by atoms with E-state index in [1.54, 1.807) is 48.5 Å². The Morgan fingerprint density at radius 2 is 1.89 bits per heavy atom. The van der Waals surface area contributed by atoms with E-state index in [1.165, 1.54) is 0 Å². The van der Waals surface area contributed by atoms with Crippen LogP contribution in [0.1, 0.15) is 10.4 Å². The minimum atomic E-state index is -0.207. The normalized spacial score (nSPS) is 10.9. The number of anilines is 1. The van der Waals surface area contributed by atoms with E-state index in [2.05, 4.69) is 42.2 Å². The van der Waals surface area contributed by atoms with E-state index in [0.717, 1.165) is 10.0 Å². The first kappa shape index (κ1) is 17.8. The van der Waals surface area contributed by atoms with Gasteiger partial charge in [-0.25, -0.2) is 4.98 Å². The van der Waals surface area contributed by atoms with Gasteiger partial charge in [-0.3, -0.25) is 4.79 Å². The zero-order valence-corrected chi connectivity index (χ0v) is 16.9. The third-order valence-corrected chi connectivity index (χ3v) is 5.06. The van der Waals surface area contributed by atoms with Gasteiger partial charge in [0.25, 0.3) is 5.91 Å². The zero-order chi connectivity index (χ0) is 19.0. The second-order valence-corrected chi connectivity index (χ2v) is 7.60. The SMILES string of the molecule is O=C(Nc1ccc2oc(-c3ccc(O)c(Br)c3)nc2c1)c1cccc(Br)c1. The highest BCUT2D eigenvalue weighted by atomic mass is 79.9. The molecule has 0 unspecified atom stereocenters. The Hall–Kier alpha value is -2.64. The number of halogens is 2. The summed E-state index contributed by atoms with van der Waals surface area (Å²) in [6.07, 6.45) is 0. The van der Waals surface area contributed by atoms with Gasteiger partial charge in [0.2, 0.25) is 5.89 Å². The molecule has 0 aliphatic carbocycles. The van der Waals surface area contributed by atoms with Crippen LogP contribution in [0.2, 0.25) is 0 Å². The van der Waals surface area contributed by atoms with E-state index in [1.807, 2.05) is 12.1 Å². The highest BCUT2D eigenvalue weighted by molar-refractivity contribution is 9.10. The van der Waals surface area contributed by atoms with Crippen LogP contribution < -0.4 is 5.32 Å². The molecule has 2 N–H and O–H groups in total. The lowest BCUT2D eigenvalue weighted by atomic mass is 10.2. The molecule has 0 bridgehead atoms. The standard InChI is InChI=1S/C20H12Br2N2O3/c21-13-3-1-2-11(8-13)19(26)23-14-5-7-18-16(10-14)24-20(27-18)12-4-6-17(25)15(22)9-12/h1-10,25H,(H,23,26). The lowest BCUT2D eigenvalue weighted by Gasteiger charge is -2.05. The maximum atomic E-state index is 12.4. The van der Waals surface area contributed by atoms with Gasteiger partial charge in [0.1, 0.15) is 11.3 Å². The molecular weight excluding hydrogens is 476 g/mol. The van der Waals surface area contributed by atoms with Crippen LogP contribution in [0.25, 0.3) is 22.6 Å². The summed E-state index contributed by atoms with van der Waals surface area (Å²) in [5.74, 6) is 0.371.